The van der Waals surface area contributed by atoms with Crippen LogP contribution in [0.3, 0.4) is 0 Å². The van der Waals surface area contributed by atoms with Crippen molar-refractivity contribution in [3.8, 4) is 17.5 Å². The van der Waals surface area contributed by atoms with Crippen LogP contribution in [0, 0.1) is 18.4 Å². The maximum atomic E-state index is 12.6. The van der Waals surface area contributed by atoms with E-state index in [1.165, 1.54) is 6.33 Å². The number of piperidine rings is 1. The minimum atomic E-state index is 0.0423. The van der Waals surface area contributed by atoms with Crippen molar-refractivity contribution in [2.75, 3.05) is 18.8 Å². The molecular weight excluding hydrogens is 438 g/mol. The van der Waals surface area contributed by atoms with Gasteiger partial charge < -0.3 is 10.6 Å². The molecule has 0 radical (unpaired) electrons. The smallest absolute Gasteiger partial charge is 0.179 e. The second kappa shape index (κ2) is 9.55. The summed E-state index contributed by atoms with van der Waals surface area (Å²) in [6, 6.07) is 15.8. The number of Topliss-reactive ketones (excluding diaryl/α,β-unsaturated/α-hetero) is 1. The molecule has 1 atom stereocenters. The number of carbonyl (C=O) groups excluding carboxylic acids is 1. The van der Waals surface area contributed by atoms with E-state index in [0.29, 0.717) is 30.9 Å². The molecule has 2 aromatic heterocycles. The van der Waals surface area contributed by atoms with E-state index in [0.717, 1.165) is 52.7 Å². The number of fused-ring (bicyclic) bond motifs is 1. The van der Waals surface area contributed by atoms with Gasteiger partial charge in [-0.15, -0.1) is 0 Å². The predicted octanol–water partition coefficient (Wildman–Crippen LogP) is 4.32. The van der Waals surface area contributed by atoms with Gasteiger partial charge in [-0.25, -0.2) is 14.6 Å². The first-order chi connectivity index (χ1) is 17.0. The van der Waals surface area contributed by atoms with Crippen molar-refractivity contribution in [2.45, 2.75) is 38.6 Å². The van der Waals surface area contributed by atoms with Crippen LogP contribution in [-0.4, -0.2) is 43.5 Å². The molecule has 3 heterocycles. The SMILES string of the molecule is Cc1ccccc1C(=O)CCc1ccc(-c2nn(C3CCCN(C#N)C3)c3ncnc(N)c23)cc1. The molecule has 1 unspecified atom stereocenters. The maximum Gasteiger partial charge on any atom is 0.179 e. The van der Waals surface area contributed by atoms with E-state index >= 15 is 0 Å². The van der Waals surface area contributed by atoms with Crippen LogP contribution in [-0.2, 0) is 6.42 Å². The van der Waals surface area contributed by atoms with Gasteiger partial charge in [0.2, 0.25) is 0 Å². The molecule has 2 N–H and O–H groups in total. The Kier molecular flexibility index (Phi) is 6.15. The number of nitrogen functional groups attached to an aromatic ring is 1. The Labute approximate surface area is 204 Å². The summed E-state index contributed by atoms with van der Waals surface area (Å²) < 4.78 is 1.90. The van der Waals surface area contributed by atoms with Crippen LogP contribution < -0.4 is 5.73 Å². The summed E-state index contributed by atoms with van der Waals surface area (Å²) in [7, 11) is 0. The van der Waals surface area contributed by atoms with Gasteiger partial charge in [0.25, 0.3) is 0 Å². The first kappa shape index (κ1) is 22.5. The molecule has 1 aliphatic heterocycles. The Hall–Kier alpha value is -4.25. The predicted molar refractivity (Wildman–Crippen MR) is 134 cm³/mol. The summed E-state index contributed by atoms with van der Waals surface area (Å²) in [5, 5.41) is 15.0. The average molecular weight is 466 g/mol. The van der Waals surface area contributed by atoms with Crippen LogP contribution in [0.25, 0.3) is 22.3 Å². The van der Waals surface area contributed by atoms with Gasteiger partial charge in [0.1, 0.15) is 17.8 Å². The molecule has 8 nitrogen and oxygen atoms in total. The molecule has 1 fully saturated rings. The molecule has 0 saturated carbocycles. The second-order valence-electron chi connectivity index (χ2n) is 9.03. The number of benzene rings is 2. The van der Waals surface area contributed by atoms with Crippen molar-refractivity contribution >= 4 is 22.6 Å². The van der Waals surface area contributed by atoms with E-state index in [-0.39, 0.29) is 11.8 Å². The number of nitrogens with two attached hydrogens (primary N) is 1. The van der Waals surface area contributed by atoms with E-state index in [2.05, 4.69) is 16.2 Å². The molecule has 1 saturated heterocycles. The maximum absolute atomic E-state index is 12.6. The van der Waals surface area contributed by atoms with Gasteiger partial charge in [0.05, 0.1) is 18.0 Å². The van der Waals surface area contributed by atoms with Crippen molar-refractivity contribution in [1.82, 2.24) is 24.6 Å². The summed E-state index contributed by atoms with van der Waals surface area (Å²) >= 11 is 0. The fourth-order valence-electron chi connectivity index (χ4n) is 4.80. The van der Waals surface area contributed by atoms with Crippen LogP contribution in [0.4, 0.5) is 5.82 Å². The highest BCUT2D eigenvalue weighted by atomic mass is 16.1. The van der Waals surface area contributed by atoms with Gasteiger partial charge in [-0.3, -0.25) is 4.79 Å². The van der Waals surface area contributed by atoms with E-state index < -0.39 is 0 Å². The standard InChI is InChI=1S/C27H27N7O/c1-18-5-2-3-7-22(18)23(35)13-10-19-8-11-20(12-9-19)25-24-26(29)30-17-31-27(24)34(32-25)21-6-4-14-33(15-21)16-28/h2-3,5,7-9,11-12,17,21H,4,6,10,13-15H2,1H3,(H2,29,30,31). The molecule has 5 rings (SSSR count). The fraction of sp³-hybridized carbons (Fsp3) is 0.296. The Balaban J connectivity index is 1.40. The topological polar surface area (TPSA) is 114 Å². The minimum absolute atomic E-state index is 0.0423. The summed E-state index contributed by atoms with van der Waals surface area (Å²) in [6.45, 7) is 3.33. The number of nitrogens with zero attached hydrogens (tertiary/aromatic N) is 6. The van der Waals surface area contributed by atoms with Crippen molar-refractivity contribution in [1.29, 1.82) is 5.26 Å². The first-order valence-corrected chi connectivity index (χ1v) is 11.9. The summed E-state index contributed by atoms with van der Waals surface area (Å²) in [4.78, 5) is 23.1. The van der Waals surface area contributed by atoms with Crippen LogP contribution >= 0.6 is 0 Å². The quantitative estimate of drug-likeness (QED) is 0.333. The second-order valence-corrected chi connectivity index (χ2v) is 9.03. The number of anilines is 1. The van der Waals surface area contributed by atoms with E-state index in [9.17, 15) is 10.1 Å². The molecule has 1 aliphatic rings. The monoisotopic (exact) mass is 465 g/mol. The third-order valence-electron chi connectivity index (χ3n) is 6.72. The number of rotatable bonds is 6. The Morgan fingerprint density at radius 1 is 1.17 bits per heavy atom. The number of aromatic nitrogens is 4. The third-order valence-corrected chi connectivity index (χ3v) is 6.72. The van der Waals surface area contributed by atoms with Crippen LogP contribution in [0.2, 0.25) is 0 Å². The van der Waals surface area contributed by atoms with Gasteiger partial charge >= 0.3 is 0 Å². The van der Waals surface area contributed by atoms with Gasteiger partial charge in [0.15, 0.2) is 17.6 Å². The van der Waals surface area contributed by atoms with Gasteiger partial charge in [0, 0.05) is 24.1 Å². The zero-order valence-corrected chi connectivity index (χ0v) is 19.7. The van der Waals surface area contributed by atoms with E-state index in [1.807, 2.05) is 60.1 Å². The van der Waals surface area contributed by atoms with Crippen molar-refractivity contribution in [3.05, 3.63) is 71.5 Å². The molecule has 0 bridgehead atoms. The molecular formula is C27H27N7O. The molecule has 4 aromatic rings. The van der Waals surface area contributed by atoms with Gasteiger partial charge in [-0.05, 0) is 37.3 Å². The van der Waals surface area contributed by atoms with Gasteiger partial charge in [-0.2, -0.15) is 10.4 Å². The van der Waals surface area contributed by atoms with E-state index in [4.69, 9.17) is 10.8 Å². The highest BCUT2D eigenvalue weighted by Gasteiger charge is 2.26. The Bertz CT molecular complexity index is 1420. The number of nitriles is 1. The van der Waals surface area contributed by atoms with E-state index in [1.54, 1.807) is 4.90 Å². The Morgan fingerprint density at radius 3 is 2.74 bits per heavy atom. The molecule has 0 aliphatic carbocycles. The Morgan fingerprint density at radius 2 is 1.97 bits per heavy atom. The molecule has 35 heavy (non-hydrogen) atoms. The van der Waals surface area contributed by atoms with Crippen molar-refractivity contribution in [3.63, 3.8) is 0 Å². The zero-order chi connectivity index (χ0) is 24.4. The number of likely N-dealkylation sites (tertiary alicyclic amines) is 1. The van der Waals surface area contributed by atoms with Crippen LogP contribution in [0.1, 0.15) is 46.8 Å². The average Bonchev–Trinajstić information content (AvgIpc) is 3.29. The normalized spacial score (nSPS) is 15.8. The highest BCUT2D eigenvalue weighted by Crippen LogP contribution is 2.33. The first-order valence-electron chi connectivity index (χ1n) is 11.9. The molecule has 8 heteroatoms. The lowest BCUT2D eigenvalue weighted by Crippen LogP contribution is -2.33. The number of hydrogen-bond acceptors (Lipinski definition) is 7. The minimum Gasteiger partial charge on any atom is -0.383 e. The molecule has 2 aromatic carbocycles. The summed E-state index contributed by atoms with van der Waals surface area (Å²) in [5.41, 5.74) is 11.5. The van der Waals surface area contributed by atoms with Crippen LogP contribution in [0.5, 0.6) is 0 Å². The number of aryl methyl sites for hydroxylation is 2. The summed E-state index contributed by atoms with van der Waals surface area (Å²) in [6.07, 6.45) is 6.68. The van der Waals surface area contributed by atoms with Crippen molar-refractivity contribution < 1.29 is 4.79 Å². The number of hydrogen-bond donors (Lipinski definition) is 1. The summed E-state index contributed by atoms with van der Waals surface area (Å²) in [5.74, 6) is 0.540. The number of carbonyl (C=O) groups is 1. The van der Waals surface area contributed by atoms with Crippen LogP contribution in [0.15, 0.2) is 54.9 Å². The third kappa shape index (κ3) is 4.45. The highest BCUT2D eigenvalue weighted by molar-refractivity contribution is 5.98. The molecule has 0 amide bonds. The molecule has 0 spiro atoms. The zero-order valence-electron chi connectivity index (χ0n) is 19.7. The van der Waals surface area contributed by atoms with Crippen molar-refractivity contribution in [2.24, 2.45) is 0 Å². The molecule has 176 valence electrons. The lowest BCUT2D eigenvalue weighted by molar-refractivity contribution is 0.0982. The van der Waals surface area contributed by atoms with Gasteiger partial charge in [-0.1, -0.05) is 48.5 Å². The lowest BCUT2D eigenvalue weighted by atomic mass is 9.98. The number of ketones is 1. The largest absolute Gasteiger partial charge is 0.383 e. The fourth-order valence-corrected chi connectivity index (χ4v) is 4.80. The lowest BCUT2D eigenvalue weighted by Gasteiger charge is -2.28.